The van der Waals surface area contributed by atoms with E-state index in [9.17, 15) is 97.7 Å². The van der Waals surface area contributed by atoms with Crippen LogP contribution in [0.4, 0.5) is 0 Å². The molecule has 0 bridgehead atoms. The van der Waals surface area contributed by atoms with Crippen LogP contribution in [0.2, 0.25) is 0 Å². The number of aryl methyl sites for hydroxylation is 2. The van der Waals surface area contributed by atoms with Gasteiger partial charge in [0.2, 0.25) is 23.2 Å². The summed E-state index contributed by atoms with van der Waals surface area (Å²) in [7, 11) is -10.9. The molecule has 1 aliphatic rings. The van der Waals surface area contributed by atoms with Gasteiger partial charge >= 0.3 is 39.1 Å². The Labute approximate surface area is 443 Å². The molecule has 1 fully saturated rings. The minimum absolute atomic E-state index is 0.00151. The molecule has 1 heterocycles. The number of ketones is 1. The normalized spacial score (nSPS) is 14.9. The molecule has 2 aromatic rings. The Morgan fingerprint density at radius 1 is 0.532 bits per heavy atom. The van der Waals surface area contributed by atoms with E-state index in [-0.39, 0.29) is 139 Å². The maximum absolute atomic E-state index is 13.1. The largest absolute Gasteiger partial charge is 0.508 e. The Morgan fingerprint density at radius 3 is 1.26 bits per heavy atom. The number of hydrogen-bond acceptors (Lipinski definition) is 18. The van der Waals surface area contributed by atoms with E-state index in [0.29, 0.717) is 49.4 Å². The van der Waals surface area contributed by atoms with E-state index >= 15 is 0 Å². The molecule has 31 heteroatoms. The van der Waals surface area contributed by atoms with Gasteiger partial charge in [0.15, 0.2) is 0 Å². The molecule has 0 atom stereocenters. The van der Waals surface area contributed by atoms with Gasteiger partial charge in [-0.3, -0.25) is 76.9 Å². The number of Topliss-reactive ketones (excluding diaryl/α,β-unsaturated/α-hetero) is 1. The highest BCUT2D eigenvalue weighted by Gasteiger charge is 2.44. The number of carboxylic acid groups (broad SMARTS) is 4. The first kappa shape index (κ1) is 65.3. The Kier molecular flexibility index (Phi) is 27.2. The van der Waals surface area contributed by atoms with Crippen LogP contribution in [-0.4, -0.2) is 250 Å². The van der Waals surface area contributed by atoms with Crippen molar-refractivity contribution in [2.75, 3.05) is 118 Å². The van der Waals surface area contributed by atoms with E-state index < -0.39 is 70.0 Å². The number of amides is 3. The lowest BCUT2D eigenvalue weighted by atomic mass is 10.0. The van der Waals surface area contributed by atoms with Crippen molar-refractivity contribution in [3.05, 3.63) is 58.7 Å². The highest BCUT2D eigenvalue weighted by atomic mass is 31.2. The van der Waals surface area contributed by atoms with Crippen molar-refractivity contribution in [1.29, 1.82) is 0 Å². The fourth-order valence-corrected chi connectivity index (χ4v) is 10.4. The van der Waals surface area contributed by atoms with Gasteiger partial charge in [-0.15, -0.1) is 0 Å². The first-order chi connectivity index (χ1) is 36.1. The SMILES string of the molecule is CC(=O)CN1CCN(CC(=O)O)CCN(CC(=O)O)CCN(CC(=O)NCCNC(=O)CCc2ccc(O)c(CN(CCN(CC(=O)O)Cc3cc(CCC(=O)NC(P(=O)(O)O)P(=O)(O)O)ccc3O)CC(=O)O)c2)CC1. The van der Waals surface area contributed by atoms with Crippen molar-refractivity contribution in [3.63, 3.8) is 0 Å². The summed E-state index contributed by atoms with van der Waals surface area (Å²) in [6.45, 7) is 2.18. The molecule has 0 aliphatic carbocycles. The summed E-state index contributed by atoms with van der Waals surface area (Å²) in [4.78, 5) is 144. The molecule has 0 spiro atoms. The van der Waals surface area contributed by atoms with Crippen molar-refractivity contribution in [3.8, 4) is 11.5 Å². The third-order valence-corrected chi connectivity index (χ3v) is 15.3. The molecule has 1 aliphatic heterocycles. The lowest BCUT2D eigenvalue weighted by molar-refractivity contribution is -0.140. The minimum atomic E-state index is -5.44. The number of hydrogen-bond donors (Lipinski definition) is 13. The van der Waals surface area contributed by atoms with Gasteiger partial charge in [-0.2, -0.15) is 0 Å². The van der Waals surface area contributed by atoms with Crippen molar-refractivity contribution < 1.29 is 97.7 Å². The van der Waals surface area contributed by atoms with E-state index in [1.807, 2.05) is 9.80 Å². The number of carbonyl (C=O) groups is 8. The van der Waals surface area contributed by atoms with Crippen LogP contribution in [0, 0.1) is 0 Å². The zero-order valence-electron chi connectivity index (χ0n) is 42.6. The van der Waals surface area contributed by atoms with Crippen molar-refractivity contribution in [1.82, 2.24) is 45.3 Å². The maximum Gasteiger partial charge on any atom is 0.360 e. The third kappa shape index (κ3) is 26.8. The molecule has 3 amide bonds. The maximum atomic E-state index is 13.1. The van der Waals surface area contributed by atoms with E-state index in [0.717, 1.165) is 0 Å². The van der Waals surface area contributed by atoms with Gasteiger partial charge in [0.1, 0.15) is 17.3 Å². The van der Waals surface area contributed by atoms with Gasteiger partial charge in [0.05, 0.1) is 39.3 Å². The number of aliphatic carboxylic acids is 4. The van der Waals surface area contributed by atoms with Crippen molar-refractivity contribution in [2.45, 2.75) is 51.2 Å². The van der Waals surface area contributed by atoms with Crippen LogP contribution in [0.5, 0.6) is 11.5 Å². The number of nitrogens with zero attached hydrogens (tertiary/aromatic N) is 6. The fourth-order valence-electron chi connectivity index (χ4n) is 8.17. The predicted octanol–water partition coefficient (Wildman–Crippen LogP) is -2.60. The third-order valence-electron chi connectivity index (χ3n) is 12.0. The number of phenols is 2. The summed E-state index contributed by atoms with van der Waals surface area (Å²) < 4.78 is 23.1. The zero-order valence-corrected chi connectivity index (χ0v) is 44.4. The Bertz CT molecular complexity index is 2410. The van der Waals surface area contributed by atoms with Crippen LogP contribution in [0.1, 0.15) is 42.0 Å². The Morgan fingerprint density at radius 2 is 0.896 bits per heavy atom. The molecule has 1 saturated heterocycles. The number of benzene rings is 2. The fraction of sp³-hybridized carbons (Fsp3) is 0.565. The highest BCUT2D eigenvalue weighted by molar-refractivity contribution is 7.70. The standard InChI is InChI=1S/C46H71N9O20P2/c1-32(56)24-50-12-14-51(15-17-53(29-43(64)65)19-18-52(16-13-50)28-42(62)63)27-41(61)48-11-10-47-39(59)8-4-33-2-6-37(57)35(22-33)25-54(30-44(66)67)20-21-55(31-45(68)69)26-36-23-34(3-7-38(36)58)5-9-40(60)49-46(76(70,71)72)77(73,74)75/h2-3,6-7,22-23,46,57-58H,4-5,8-21,24-31H2,1H3,(H,47,59)(H,48,61)(H,49,60)(H,62,63)(H,64,65)(H,66,67)(H,68,69)(H2,70,71,72)(H2,73,74,75). The molecule has 2 aromatic carbocycles. The second kappa shape index (κ2) is 32.1. The van der Waals surface area contributed by atoms with Crippen LogP contribution in [0.25, 0.3) is 0 Å². The summed E-state index contributed by atoms with van der Waals surface area (Å²) in [5.41, 5.74) is -1.25. The second-order valence-corrected chi connectivity index (χ2v) is 22.3. The van der Waals surface area contributed by atoms with Crippen LogP contribution in [0.3, 0.4) is 0 Å². The van der Waals surface area contributed by atoms with Gasteiger partial charge in [-0.05, 0) is 43.0 Å². The number of phenolic OH excluding ortho intramolecular Hbond substituents is 2. The van der Waals surface area contributed by atoms with Gasteiger partial charge in [-0.1, -0.05) is 24.3 Å². The first-order valence-corrected chi connectivity index (χ1v) is 27.7. The monoisotopic (exact) mass is 1130 g/mol. The number of rotatable bonds is 31. The zero-order chi connectivity index (χ0) is 57.5. The van der Waals surface area contributed by atoms with Gasteiger partial charge in [0.25, 0.3) is 0 Å². The molecule has 0 saturated carbocycles. The molecule has 0 aromatic heterocycles. The van der Waals surface area contributed by atoms with E-state index in [1.54, 1.807) is 27.2 Å². The molecule has 77 heavy (non-hydrogen) atoms. The average Bonchev–Trinajstić information content (AvgIpc) is 3.30. The number of aromatic hydroxyl groups is 2. The summed E-state index contributed by atoms with van der Waals surface area (Å²) in [5, 5.41) is 66.9. The lowest BCUT2D eigenvalue weighted by Gasteiger charge is -2.33. The molecule has 430 valence electrons. The van der Waals surface area contributed by atoms with Crippen LogP contribution in [0.15, 0.2) is 36.4 Å². The van der Waals surface area contributed by atoms with Crippen LogP contribution < -0.4 is 16.0 Å². The first-order valence-electron chi connectivity index (χ1n) is 24.3. The summed E-state index contributed by atoms with van der Waals surface area (Å²) in [6.07, 6.45) is -0.399. The number of carboxylic acids is 4. The quantitative estimate of drug-likeness (QED) is 0.0272. The molecule has 0 radical (unpaired) electrons. The van der Waals surface area contributed by atoms with Crippen molar-refractivity contribution >= 4 is 62.6 Å². The number of nitrogens with one attached hydrogen (secondary N) is 3. The van der Waals surface area contributed by atoms with Gasteiger partial charge in [0, 0.05) is 116 Å². The van der Waals surface area contributed by atoms with E-state index in [1.165, 1.54) is 41.0 Å². The second-order valence-electron chi connectivity index (χ2n) is 18.5. The smallest absolute Gasteiger partial charge is 0.360 e. The lowest BCUT2D eigenvalue weighted by Crippen LogP contribution is -2.50. The Hall–Kier alpha value is -5.94. The average molecular weight is 1130 g/mol. The molecule has 3 rings (SSSR count). The summed E-state index contributed by atoms with van der Waals surface area (Å²) in [6, 6.07) is 8.67. The van der Waals surface area contributed by atoms with Gasteiger partial charge < -0.3 is 66.2 Å². The van der Waals surface area contributed by atoms with Crippen molar-refractivity contribution in [2.24, 2.45) is 0 Å². The van der Waals surface area contributed by atoms with Crippen LogP contribution in [-0.2, 0) is 73.4 Å². The molecular formula is C46H71N9O20P2. The molecule has 29 nitrogen and oxygen atoms in total. The molecule has 13 N–H and O–H groups in total. The van der Waals surface area contributed by atoms with Gasteiger partial charge in [-0.25, -0.2) is 0 Å². The summed E-state index contributed by atoms with van der Waals surface area (Å²) in [5.74, 6) is -6.91. The molecular weight excluding hydrogens is 1060 g/mol. The topological polar surface area (TPSA) is 429 Å². The Balaban J connectivity index is 1.56. The highest BCUT2D eigenvalue weighted by Crippen LogP contribution is 2.58. The van der Waals surface area contributed by atoms with Crippen LogP contribution >= 0.6 is 15.2 Å². The predicted molar refractivity (Wildman–Crippen MR) is 272 cm³/mol. The van der Waals surface area contributed by atoms with E-state index in [2.05, 4.69) is 10.6 Å². The summed E-state index contributed by atoms with van der Waals surface area (Å²) >= 11 is 0. The van der Waals surface area contributed by atoms with E-state index in [4.69, 9.17) is 0 Å². The molecule has 0 unspecified atom stereocenters. The minimum Gasteiger partial charge on any atom is -0.508 e. The number of carbonyl (C=O) groups excluding carboxylic acids is 4.